The number of carbonyl (C=O) groups excluding carboxylic acids is 1. The van der Waals surface area contributed by atoms with E-state index in [4.69, 9.17) is 5.11 Å². The summed E-state index contributed by atoms with van der Waals surface area (Å²) in [4.78, 5) is 26.8. The number of halogens is 3. The van der Waals surface area contributed by atoms with Gasteiger partial charge >= 0.3 is 18.1 Å². The Kier molecular flexibility index (Phi) is 4.68. The maximum atomic E-state index is 12.6. The summed E-state index contributed by atoms with van der Waals surface area (Å²) in [6.07, 6.45) is -3.27. The predicted molar refractivity (Wildman–Crippen MR) is 71.5 cm³/mol. The van der Waals surface area contributed by atoms with Crippen LogP contribution in [-0.4, -0.2) is 34.7 Å². The second-order valence-electron chi connectivity index (χ2n) is 5.09. The van der Waals surface area contributed by atoms with E-state index >= 15 is 0 Å². The van der Waals surface area contributed by atoms with Crippen LogP contribution in [0.3, 0.4) is 0 Å². The van der Waals surface area contributed by atoms with Crippen LogP contribution in [0, 0.1) is 0 Å². The highest BCUT2D eigenvalue weighted by Crippen LogP contribution is 2.29. The van der Waals surface area contributed by atoms with Gasteiger partial charge in [0.1, 0.15) is 5.82 Å². The van der Waals surface area contributed by atoms with Gasteiger partial charge in [-0.2, -0.15) is 13.2 Å². The van der Waals surface area contributed by atoms with E-state index in [1.54, 1.807) is 12.1 Å². The summed E-state index contributed by atoms with van der Waals surface area (Å²) in [5.41, 5.74) is 1.09. The zero-order valence-electron chi connectivity index (χ0n) is 11.7. The third kappa shape index (κ3) is 3.75. The minimum absolute atomic E-state index is 0.0169. The molecule has 2 rings (SSSR count). The molecule has 1 aliphatic heterocycles. The minimum atomic E-state index is -4.93. The number of anilines is 1. The molecule has 0 aliphatic carbocycles. The van der Waals surface area contributed by atoms with Crippen LogP contribution < -0.4 is 4.90 Å². The zero-order valence-corrected chi connectivity index (χ0v) is 11.7. The Morgan fingerprint density at radius 1 is 1.32 bits per heavy atom. The van der Waals surface area contributed by atoms with Gasteiger partial charge in [-0.05, 0) is 37.3 Å². The fourth-order valence-corrected chi connectivity index (χ4v) is 2.39. The molecular formula is C14H15F3N2O3. The standard InChI is InChI=1S/C14H15F3N2O3/c15-14(16,17)13(22)19-8-2-3-9-6-7-10(18-12(9)19)4-1-5-11(20)21/h6-7H,1-5,8H2,(H,20,21). The molecule has 0 atom stereocenters. The monoisotopic (exact) mass is 316 g/mol. The van der Waals surface area contributed by atoms with Gasteiger partial charge in [-0.25, -0.2) is 4.98 Å². The average molecular weight is 316 g/mol. The van der Waals surface area contributed by atoms with Gasteiger partial charge in [0.2, 0.25) is 0 Å². The first-order valence-electron chi connectivity index (χ1n) is 6.88. The van der Waals surface area contributed by atoms with Crippen LogP contribution in [0.5, 0.6) is 0 Å². The first-order valence-corrected chi connectivity index (χ1v) is 6.88. The molecule has 1 amide bonds. The number of amides is 1. The number of pyridine rings is 1. The molecule has 0 saturated carbocycles. The molecule has 120 valence electrons. The molecule has 0 fully saturated rings. The summed E-state index contributed by atoms with van der Waals surface area (Å²) in [5, 5.41) is 8.59. The molecule has 0 radical (unpaired) electrons. The molecule has 1 aromatic rings. The number of aromatic nitrogens is 1. The van der Waals surface area contributed by atoms with E-state index in [2.05, 4.69) is 4.98 Å². The van der Waals surface area contributed by atoms with Crippen LogP contribution in [-0.2, 0) is 22.4 Å². The molecule has 0 spiro atoms. The maximum Gasteiger partial charge on any atom is 0.471 e. The molecule has 0 saturated heterocycles. The first kappa shape index (κ1) is 16.3. The second-order valence-corrected chi connectivity index (χ2v) is 5.09. The van der Waals surface area contributed by atoms with Crippen LogP contribution in [0.15, 0.2) is 12.1 Å². The van der Waals surface area contributed by atoms with Crippen LogP contribution >= 0.6 is 0 Å². The van der Waals surface area contributed by atoms with Crippen LogP contribution in [0.2, 0.25) is 0 Å². The molecule has 1 aromatic heterocycles. The quantitative estimate of drug-likeness (QED) is 0.925. The number of aryl methyl sites for hydroxylation is 2. The number of carboxylic acid groups (broad SMARTS) is 1. The summed E-state index contributed by atoms with van der Waals surface area (Å²) in [6, 6.07) is 3.33. The van der Waals surface area contributed by atoms with E-state index in [0.29, 0.717) is 41.8 Å². The van der Waals surface area contributed by atoms with Crippen molar-refractivity contribution < 1.29 is 27.9 Å². The van der Waals surface area contributed by atoms with Crippen molar-refractivity contribution in [1.82, 2.24) is 4.98 Å². The van der Waals surface area contributed by atoms with Crippen molar-refractivity contribution in [3.8, 4) is 0 Å². The number of fused-ring (bicyclic) bond motifs is 1. The van der Waals surface area contributed by atoms with Crippen molar-refractivity contribution >= 4 is 17.7 Å². The summed E-state index contributed by atoms with van der Waals surface area (Å²) >= 11 is 0. The number of alkyl halides is 3. The van der Waals surface area contributed by atoms with Gasteiger partial charge in [0.25, 0.3) is 0 Å². The largest absolute Gasteiger partial charge is 0.481 e. The lowest BCUT2D eigenvalue weighted by Gasteiger charge is -2.29. The van der Waals surface area contributed by atoms with Gasteiger partial charge in [0.05, 0.1) is 0 Å². The number of carbonyl (C=O) groups is 2. The maximum absolute atomic E-state index is 12.6. The van der Waals surface area contributed by atoms with E-state index in [9.17, 15) is 22.8 Å². The Morgan fingerprint density at radius 2 is 2.05 bits per heavy atom. The van der Waals surface area contributed by atoms with E-state index in [1.165, 1.54) is 0 Å². The highest BCUT2D eigenvalue weighted by molar-refractivity contribution is 5.97. The number of carboxylic acids is 1. The molecule has 0 bridgehead atoms. The first-order chi connectivity index (χ1) is 10.3. The Morgan fingerprint density at radius 3 is 2.68 bits per heavy atom. The SMILES string of the molecule is O=C(O)CCCc1ccc2c(n1)N(C(=O)C(F)(F)F)CCC2. The lowest BCUT2D eigenvalue weighted by atomic mass is 10.0. The Labute approximate surface area is 124 Å². The average Bonchev–Trinajstić information content (AvgIpc) is 2.44. The van der Waals surface area contributed by atoms with Gasteiger partial charge in [-0.15, -0.1) is 0 Å². The molecule has 22 heavy (non-hydrogen) atoms. The molecule has 1 N–H and O–H groups in total. The van der Waals surface area contributed by atoms with Gasteiger partial charge in [-0.3, -0.25) is 14.5 Å². The van der Waals surface area contributed by atoms with Crippen molar-refractivity contribution in [2.24, 2.45) is 0 Å². The lowest BCUT2D eigenvalue weighted by molar-refractivity contribution is -0.170. The highest BCUT2D eigenvalue weighted by Gasteiger charge is 2.44. The summed E-state index contributed by atoms with van der Waals surface area (Å²) < 4.78 is 37.9. The Balaban J connectivity index is 2.21. The van der Waals surface area contributed by atoms with Gasteiger partial charge in [-0.1, -0.05) is 6.07 Å². The van der Waals surface area contributed by atoms with Gasteiger partial charge < -0.3 is 5.11 Å². The Bertz CT molecular complexity index is 587. The summed E-state index contributed by atoms with van der Waals surface area (Å²) in [7, 11) is 0. The number of hydrogen-bond donors (Lipinski definition) is 1. The smallest absolute Gasteiger partial charge is 0.471 e. The lowest BCUT2D eigenvalue weighted by Crippen LogP contribution is -2.44. The normalized spacial score (nSPS) is 14.6. The van der Waals surface area contributed by atoms with Gasteiger partial charge in [0.15, 0.2) is 0 Å². The fourth-order valence-electron chi connectivity index (χ4n) is 2.39. The van der Waals surface area contributed by atoms with Crippen molar-refractivity contribution in [2.75, 3.05) is 11.4 Å². The molecular weight excluding hydrogens is 301 g/mol. The van der Waals surface area contributed by atoms with Crippen LogP contribution in [0.1, 0.15) is 30.5 Å². The van der Waals surface area contributed by atoms with Crippen LogP contribution in [0.25, 0.3) is 0 Å². The highest BCUT2D eigenvalue weighted by atomic mass is 19.4. The molecule has 0 aromatic carbocycles. The van der Waals surface area contributed by atoms with Crippen molar-refractivity contribution in [1.29, 1.82) is 0 Å². The topological polar surface area (TPSA) is 70.5 Å². The zero-order chi connectivity index (χ0) is 16.3. The Hall–Kier alpha value is -2.12. The molecule has 0 unspecified atom stereocenters. The summed E-state index contributed by atoms with van der Waals surface area (Å²) in [6.45, 7) is -0.0169. The van der Waals surface area contributed by atoms with Crippen LogP contribution in [0.4, 0.5) is 19.0 Å². The fraction of sp³-hybridized carbons (Fsp3) is 0.500. The van der Waals surface area contributed by atoms with Crippen molar-refractivity contribution in [3.63, 3.8) is 0 Å². The molecule has 5 nitrogen and oxygen atoms in total. The third-order valence-corrected chi connectivity index (χ3v) is 3.41. The number of rotatable bonds is 4. The van der Waals surface area contributed by atoms with Crippen molar-refractivity contribution in [3.05, 3.63) is 23.4 Å². The second kappa shape index (κ2) is 6.33. The third-order valence-electron chi connectivity index (χ3n) is 3.41. The van der Waals surface area contributed by atoms with Gasteiger partial charge in [0, 0.05) is 18.7 Å². The van der Waals surface area contributed by atoms with E-state index in [0.717, 1.165) is 0 Å². The predicted octanol–water partition coefficient (Wildman–Crippen LogP) is 2.33. The minimum Gasteiger partial charge on any atom is -0.481 e. The number of hydrogen-bond acceptors (Lipinski definition) is 3. The number of nitrogens with zero attached hydrogens (tertiary/aromatic N) is 2. The molecule has 2 heterocycles. The molecule has 1 aliphatic rings. The summed E-state index contributed by atoms with van der Waals surface area (Å²) in [5.74, 6) is -2.81. The van der Waals surface area contributed by atoms with E-state index in [1.807, 2.05) is 0 Å². The van der Waals surface area contributed by atoms with E-state index in [-0.39, 0.29) is 18.8 Å². The molecule has 8 heteroatoms. The van der Waals surface area contributed by atoms with Crippen molar-refractivity contribution in [2.45, 2.75) is 38.3 Å². The number of aliphatic carboxylic acids is 1. The van der Waals surface area contributed by atoms with E-state index < -0.39 is 18.1 Å².